The van der Waals surface area contributed by atoms with Crippen LogP contribution in [0.15, 0.2) is 78.9 Å². The normalized spacial score (nSPS) is 16.4. The minimum absolute atomic E-state index is 0.0208. The van der Waals surface area contributed by atoms with Crippen LogP contribution in [0, 0.1) is 0 Å². The first-order valence-electron chi connectivity index (χ1n) is 12.7. The van der Waals surface area contributed by atoms with E-state index in [0.717, 1.165) is 38.8 Å². The number of piperidine rings is 1. The molecule has 0 unspecified atom stereocenters. The SMILES string of the molecule is COc1ccc(C(=O)N(CC(=O)NC2CCN(C3Cc4ccccc4C3)CC2)c2ccccc2)cc1. The molecule has 2 amide bonds. The Kier molecular flexibility index (Phi) is 7.33. The summed E-state index contributed by atoms with van der Waals surface area (Å²) in [5.74, 6) is 0.338. The van der Waals surface area contributed by atoms with Crippen molar-refractivity contribution in [3.05, 3.63) is 95.6 Å². The molecule has 6 nitrogen and oxygen atoms in total. The fourth-order valence-corrected chi connectivity index (χ4v) is 5.40. The number of anilines is 1. The smallest absolute Gasteiger partial charge is 0.258 e. The minimum Gasteiger partial charge on any atom is -0.497 e. The van der Waals surface area contributed by atoms with Gasteiger partial charge in [0.2, 0.25) is 5.91 Å². The van der Waals surface area contributed by atoms with Gasteiger partial charge in [-0.05, 0) is 73.2 Å². The quantitative estimate of drug-likeness (QED) is 0.550. The van der Waals surface area contributed by atoms with E-state index in [1.807, 2.05) is 30.3 Å². The minimum atomic E-state index is -0.213. The van der Waals surface area contributed by atoms with Crippen LogP contribution in [-0.2, 0) is 17.6 Å². The van der Waals surface area contributed by atoms with E-state index >= 15 is 0 Å². The lowest BCUT2D eigenvalue weighted by Gasteiger charge is -2.36. The Morgan fingerprint density at radius 2 is 1.50 bits per heavy atom. The Bertz CT molecular complexity index is 1160. The number of fused-ring (bicyclic) bond motifs is 1. The van der Waals surface area contributed by atoms with E-state index in [1.54, 1.807) is 36.3 Å². The standard InChI is InChI=1S/C30H33N3O3/c1-36-28-13-11-22(12-14-28)30(35)33(26-9-3-2-4-10-26)21-29(34)31-25-15-17-32(18-16-25)27-19-23-7-5-6-8-24(23)20-27/h2-14,25,27H,15-21H2,1H3,(H,31,34). The van der Waals surface area contributed by atoms with E-state index in [4.69, 9.17) is 4.74 Å². The van der Waals surface area contributed by atoms with E-state index in [2.05, 4.69) is 34.5 Å². The maximum Gasteiger partial charge on any atom is 0.258 e. The van der Waals surface area contributed by atoms with Crippen molar-refractivity contribution in [3.8, 4) is 5.75 Å². The molecular weight excluding hydrogens is 450 g/mol. The number of nitrogens with one attached hydrogen (secondary N) is 1. The molecule has 0 atom stereocenters. The largest absolute Gasteiger partial charge is 0.497 e. The van der Waals surface area contributed by atoms with Gasteiger partial charge in [-0.2, -0.15) is 0 Å². The first kappa shape index (κ1) is 24.1. The van der Waals surface area contributed by atoms with Crippen LogP contribution in [0.1, 0.15) is 34.3 Å². The monoisotopic (exact) mass is 483 g/mol. The Morgan fingerprint density at radius 3 is 2.11 bits per heavy atom. The second-order valence-corrected chi connectivity index (χ2v) is 9.66. The van der Waals surface area contributed by atoms with Gasteiger partial charge in [0, 0.05) is 36.4 Å². The van der Waals surface area contributed by atoms with Gasteiger partial charge in [-0.3, -0.25) is 19.4 Å². The molecule has 1 aliphatic carbocycles. The predicted octanol–water partition coefficient (Wildman–Crippen LogP) is 4.09. The van der Waals surface area contributed by atoms with Gasteiger partial charge in [-0.1, -0.05) is 42.5 Å². The van der Waals surface area contributed by atoms with Gasteiger partial charge in [0.15, 0.2) is 0 Å². The van der Waals surface area contributed by atoms with Gasteiger partial charge >= 0.3 is 0 Å². The second kappa shape index (κ2) is 11.0. The number of ether oxygens (including phenoxy) is 1. The maximum atomic E-state index is 13.4. The molecule has 0 saturated carbocycles. The van der Waals surface area contributed by atoms with Crippen LogP contribution in [-0.4, -0.2) is 55.5 Å². The van der Waals surface area contributed by atoms with Crippen molar-refractivity contribution in [3.63, 3.8) is 0 Å². The van der Waals surface area contributed by atoms with E-state index in [9.17, 15) is 9.59 Å². The summed E-state index contributed by atoms with van der Waals surface area (Å²) in [5.41, 5.74) is 4.16. The summed E-state index contributed by atoms with van der Waals surface area (Å²) in [6, 6.07) is 25.8. The van der Waals surface area contributed by atoms with Gasteiger partial charge in [0.05, 0.1) is 7.11 Å². The van der Waals surface area contributed by atoms with E-state index in [-0.39, 0.29) is 24.4 Å². The molecule has 0 bridgehead atoms. The molecule has 5 rings (SSSR count). The molecule has 0 aromatic heterocycles. The lowest BCUT2D eigenvalue weighted by Crippen LogP contribution is -2.50. The predicted molar refractivity (Wildman–Crippen MR) is 141 cm³/mol. The summed E-state index contributed by atoms with van der Waals surface area (Å²) in [6.45, 7) is 1.95. The molecule has 2 aliphatic rings. The molecular formula is C30H33N3O3. The first-order valence-corrected chi connectivity index (χ1v) is 12.7. The number of hydrogen-bond acceptors (Lipinski definition) is 4. The molecule has 1 aliphatic heterocycles. The molecule has 0 radical (unpaired) electrons. The highest BCUT2D eigenvalue weighted by atomic mass is 16.5. The number of carbonyl (C=O) groups is 2. The summed E-state index contributed by atoms with van der Waals surface area (Å²) in [7, 11) is 1.59. The van der Waals surface area contributed by atoms with Gasteiger partial charge in [0.1, 0.15) is 12.3 Å². The number of carbonyl (C=O) groups excluding carboxylic acids is 2. The Morgan fingerprint density at radius 1 is 0.889 bits per heavy atom. The summed E-state index contributed by atoms with van der Waals surface area (Å²) < 4.78 is 5.21. The Labute approximate surface area is 212 Å². The van der Waals surface area contributed by atoms with Gasteiger partial charge in [-0.25, -0.2) is 0 Å². The Balaban J connectivity index is 1.18. The summed E-state index contributed by atoms with van der Waals surface area (Å²) in [5, 5.41) is 3.19. The Hall–Kier alpha value is -3.64. The molecule has 1 N–H and O–H groups in total. The first-order chi connectivity index (χ1) is 17.6. The van der Waals surface area contributed by atoms with E-state index in [0.29, 0.717) is 23.0 Å². The molecule has 3 aromatic carbocycles. The van der Waals surface area contributed by atoms with Gasteiger partial charge < -0.3 is 10.1 Å². The van der Waals surface area contributed by atoms with Crippen molar-refractivity contribution in [2.45, 2.75) is 37.8 Å². The molecule has 1 saturated heterocycles. The fraction of sp³-hybridized carbons (Fsp3) is 0.333. The van der Waals surface area contributed by atoms with Crippen LogP contribution >= 0.6 is 0 Å². The van der Waals surface area contributed by atoms with Gasteiger partial charge in [-0.15, -0.1) is 0 Å². The van der Waals surface area contributed by atoms with Crippen molar-refractivity contribution in [1.29, 1.82) is 0 Å². The lowest BCUT2D eigenvalue weighted by molar-refractivity contribution is -0.120. The second-order valence-electron chi connectivity index (χ2n) is 9.66. The molecule has 1 heterocycles. The number of likely N-dealkylation sites (tertiary alicyclic amines) is 1. The van der Waals surface area contributed by atoms with Crippen LogP contribution in [0.25, 0.3) is 0 Å². The zero-order valence-corrected chi connectivity index (χ0v) is 20.7. The third kappa shape index (κ3) is 5.44. The summed E-state index contributed by atoms with van der Waals surface area (Å²) in [6.07, 6.45) is 4.09. The molecule has 0 spiro atoms. The van der Waals surface area contributed by atoms with Crippen molar-refractivity contribution < 1.29 is 14.3 Å². The van der Waals surface area contributed by atoms with Crippen molar-refractivity contribution in [2.24, 2.45) is 0 Å². The zero-order valence-electron chi connectivity index (χ0n) is 20.7. The number of nitrogens with zero attached hydrogens (tertiary/aromatic N) is 2. The number of hydrogen-bond donors (Lipinski definition) is 1. The van der Waals surface area contributed by atoms with Crippen LogP contribution in [0.2, 0.25) is 0 Å². The molecule has 3 aromatic rings. The van der Waals surface area contributed by atoms with Crippen LogP contribution in [0.4, 0.5) is 5.69 Å². The number of para-hydroxylation sites is 1. The number of benzene rings is 3. The fourth-order valence-electron chi connectivity index (χ4n) is 5.40. The summed E-state index contributed by atoms with van der Waals surface area (Å²) >= 11 is 0. The molecule has 36 heavy (non-hydrogen) atoms. The van der Waals surface area contributed by atoms with E-state index < -0.39 is 0 Å². The highest BCUT2D eigenvalue weighted by Gasteiger charge is 2.30. The highest BCUT2D eigenvalue weighted by molar-refractivity contribution is 6.08. The van der Waals surface area contributed by atoms with Crippen molar-refractivity contribution in [2.75, 3.05) is 31.6 Å². The average Bonchev–Trinajstić information content (AvgIpc) is 3.37. The maximum absolute atomic E-state index is 13.4. The van der Waals surface area contributed by atoms with Gasteiger partial charge in [0.25, 0.3) is 5.91 Å². The lowest BCUT2D eigenvalue weighted by atomic mass is 10.0. The third-order valence-corrected chi connectivity index (χ3v) is 7.39. The molecule has 6 heteroatoms. The molecule has 1 fully saturated rings. The molecule has 186 valence electrons. The van der Waals surface area contributed by atoms with Crippen LogP contribution in [0.3, 0.4) is 0 Å². The van der Waals surface area contributed by atoms with Crippen molar-refractivity contribution in [1.82, 2.24) is 10.2 Å². The third-order valence-electron chi connectivity index (χ3n) is 7.39. The highest BCUT2D eigenvalue weighted by Crippen LogP contribution is 2.27. The van der Waals surface area contributed by atoms with E-state index in [1.165, 1.54) is 11.1 Å². The van der Waals surface area contributed by atoms with Crippen molar-refractivity contribution >= 4 is 17.5 Å². The topological polar surface area (TPSA) is 61.9 Å². The average molecular weight is 484 g/mol. The number of amides is 2. The number of rotatable bonds is 7. The number of methoxy groups -OCH3 is 1. The van der Waals surface area contributed by atoms with Crippen LogP contribution in [0.5, 0.6) is 5.75 Å². The zero-order chi connectivity index (χ0) is 24.9. The van der Waals surface area contributed by atoms with Crippen LogP contribution < -0.4 is 15.0 Å². The summed E-state index contributed by atoms with van der Waals surface area (Å²) in [4.78, 5) is 30.6.